The minimum atomic E-state index is 0.126. The van der Waals surface area contributed by atoms with E-state index in [9.17, 15) is 4.79 Å². The molecule has 0 radical (unpaired) electrons. The molecule has 1 aromatic carbocycles. The largest absolute Gasteiger partial charge is 0.497 e. The van der Waals surface area contributed by atoms with Gasteiger partial charge in [-0.3, -0.25) is 9.48 Å². The first-order chi connectivity index (χ1) is 8.67. The lowest BCUT2D eigenvalue weighted by atomic mass is 10.1. The number of Topliss-reactive ketones (excluding diaryl/α,β-unsaturated/α-hetero) is 1. The fourth-order valence-electron chi connectivity index (χ4n) is 1.71. The number of aryl methyl sites for hydroxylation is 1. The molecule has 0 amide bonds. The Hall–Kier alpha value is -2.17. The Labute approximate surface area is 105 Å². The van der Waals surface area contributed by atoms with Gasteiger partial charge < -0.3 is 4.74 Å². The van der Waals surface area contributed by atoms with Gasteiger partial charge in [0.1, 0.15) is 11.5 Å². The number of hydrogen-bond donors (Lipinski definition) is 0. The van der Waals surface area contributed by atoms with Gasteiger partial charge in [0.25, 0.3) is 0 Å². The molecule has 5 heteroatoms. The monoisotopic (exact) mass is 245 g/mol. The first-order valence-electron chi connectivity index (χ1n) is 5.67. The normalized spacial score (nSPS) is 10.3. The van der Waals surface area contributed by atoms with Gasteiger partial charge in [0.2, 0.25) is 0 Å². The standard InChI is InChI=1S/C13H15N3O2/c1-16-9-11(14-15-16)8-12(17)7-10-3-5-13(18-2)6-4-10/h3-6,9H,7-8H2,1-2H3. The van der Waals surface area contributed by atoms with Crippen LogP contribution in [-0.2, 0) is 24.7 Å². The van der Waals surface area contributed by atoms with E-state index in [2.05, 4.69) is 10.3 Å². The van der Waals surface area contributed by atoms with Crippen molar-refractivity contribution in [2.24, 2.45) is 7.05 Å². The maximum Gasteiger partial charge on any atom is 0.143 e. The molecular weight excluding hydrogens is 230 g/mol. The molecule has 94 valence electrons. The zero-order valence-corrected chi connectivity index (χ0v) is 10.5. The summed E-state index contributed by atoms with van der Waals surface area (Å²) < 4.78 is 6.66. The topological polar surface area (TPSA) is 57.0 Å². The van der Waals surface area contributed by atoms with Gasteiger partial charge in [0.05, 0.1) is 19.2 Å². The van der Waals surface area contributed by atoms with Gasteiger partial charge in [-0.2, -0.15) is 0 Å². The Balaban J connectivity index is 1.94. The van der Waals surface area contributed by atoms with E-state index in [1.165, 1.54) is 0 Å². The van der Waals surface area contributed by atoms with Crippen molar-refractivity contribution in [2.45, 2.75) is 12.8 Å². The van der Waals surface area contributed by atoms with Crippen LogP contribution in [0.1, 0.15) is 11.3 Å². The van der Waals surface area contributed by atoms with Crippen LogP contribution in [0.3, 0.4) is 0 Å². The molecule has 0 atom stereocenters. The van der Waals surface area contributed by atoms with E-state index in [4.69, 9.17) is 4.74 Å². The quantitative estimate of drug-likeness (QED) is 0.793. The minimum Gasteiger partial charge on any atom is -0.497 e. The van der Waals surface area contributed by atoms with E-state index in [1.54, 1.807) is 25.0 Å². The molecule has 1 aromatic heterocycles. The van der Waals surface area contributed by atoms with Crippen LogP contribution in [0.4, 0.5) is 0 Å². The molecular formula is C13H15N3O2. The second-order valence-corrected chi connectivity index (χ2v) is 4.12. The number of hydrogen-bond acceptors (Lipinski definition) is 4. The molecule has 0 aliphatic rings. The van der Waals surface area contributed by atoms with E-state index in [0.29, 0.717) is 18.5 Å². The van der Waals surface area contributed by atoms with Crippen LogP contribution in [0.2, 0.25) is 0 Å². The van der Waals surface area contributed by atoms with Gasteiger partial charge in [-0.1, -0.05) is 17.3 Å². The molecule has 5 nitrogen and oxygen atoms in total. The summed E-state index contributed by atoms with van der Waals surface area (Å²) in [5, 5.41) is 7.69. The molecule has 0 aliphatic carbocycles. The second-order valence-electron chi connectivity index (χ2n) is 4.12. The first kappa shape index (κ1) is 12.3. The maximum atomic E-state index is 11.8. The number of benzene rings is 1. The Kier molecular flexibility index (Phi) is 3.72. The third kappa shape index (κ3) is 3.16. The van der Waals surface area contributed by atoms with E-state index in [0.717, 1.165) is 11.3 Å². The Morgan fingerprint density at radius 3 is 2.56 bits per heavy atom. The van der Waals surface area contributed by atoms with Crippen molar-refractivity contribution >= 4 is 5.78 Å². The highest BCUT2D eigenvalue weighted by atomic mass is 16.5. The molecule has 0 bridgehead atoms. The summed E-state index contributed by atoms with van der Waals surface area (Å²) in [5.74, 6) is 0.917. The van der Waals surface area contributed by atoms with Crippen LogP contribution in [0.25, 0.3) is 0 Å². The third-order valence-electron chi connectivity index (χ3n) is 2.59. The molecule has 0 saturated heterocycles. The zero-order chi connectivity index (χ0) is 13.0. The van der Waals surface area contributed by atoms with Gasteiger partial charge in [-0.05, 0) is 17.7 Å². The summed E-state index contributed by atoms with van der Waals surface area (Å²) in [6.45, 7) is 0. The number of methoxy groups -OCH3 is 1. The predicted molar refractivity (Wildman–Crippen MR) is 66.4 cm³/mol. The van der Waals surface area contributed by atoms with Crippen molar-refractivity contribution in [1.82, 2.24) is 15.0 Å². The Morgan fingerprint density at radius 2 is 2.00 bits per heavy atom. The fourth-order valence-corrected chi connectivity index (χ4v) is 1.71. The van der Waals surface area contributed by atoms with Crippen molar-refractivity contribution in [3.05, 3.63) is 41.7 Å². The summed E-state index contributed by atoms with van der Waals surface area (Å²) in [6, 6.07) is 7.50. The van der Waals surface area contributed by atoms with Crippen molar-refractivity contribution < 1.29 is 9.53 Å². The smallest absolute Gasteiger partial charge is 0.143 e. The predicted octanol–water partition coefficient (Wildman–Crippen LogP) is 1.18. The molecule has 2 aromatic rings. The van der Waals surface area contributed by atoms with E-state index in [-0.39, 0.29) is 5.78 Å². The molecule has 0 unspecified atom stereocenters. The van der Waals surface area contributed by atoms with Gasteiger partial charge in [-0.25, -0.2) is 0 Å². The van der Waals surface area contributed by atoms with Crippen molar-refractivity contribution in [3.63, 3.8) is 0 Å². The third-order valence-corrected chi connectivity index (χ3v) is 2.59. The number of carbonyl (C=O) groups is 1. The van der Waals surface area contributed by atoms with Crippen molar-refractivity contribution in [2.75, 3.05) is 7.11 Å². The Bertz CT molecular complexity index is 531. The lowest BCUT2D eigenvalue weighted by Gasteiger charge is -2.02. The van der Waals surface area contributed by atoms with Crippen LogP contribution < -0.4 is 4.74 Å². The summed E-state index contributed by atoms with van der Waals surface area (Å²) in [7, 11) is 3.40. The van der Waals surface area contributed by atoms with E-state index < -0.39 is 0 Å². The summed E-state index contributed by atoms with van der Waals surface area (Å²) in [6.07, 6.45) is 2.48. The molecule has 0 saturated carbocycles. The highest BCUT2D eigenvalue weighted by Gasteiger charge is 2.08. The molecule has 0 spiro atoms. The minimum absolute atomic E-state index is 0.126. The number of aromatic nitrogens is 3. The molecule has 18 heavy (non-hydrogen) atoms. The van der Waals surface area contributed by atoms with Crippen LogP contribution in [0.15, 0.2) is 30.5 Å². The summed E-state index contributed by atoms with van der Waals surface area (Å²) >= 11 is 0. The molecule has 0 N–H and O–H groups in total. The molecule has 2 rings (SSSR count). The molecule has 1 heterocycles. The van der Waals surface area contributed by atoms with Gasteiger partial charge in [0, 0.05) is 19.7 Å². The lowest BCUT2D eigenvalue weighted by molar-refractivity contribution is -0.117. The second kappa shape index (κ2) is 5.44. The van der Waals surface area contributed by atoms with Crippen molar-refractivity contribution in [1.29, 1.82) is 0 Å². The van der Waals surface area contributed by atoms with Gasteiger partial charge in [0.15, 0.2) is 0 Å². The van der Waals surface area contributed by atoms with Crippen LogP contribution in [-0.4, -0.2) is 27.9 Å². The molecule has 0 aliphatic heterocycles. The SMILES string of the molecule is COc1ccc(CC(=O)Cc2cn(C)nn2)cc1. The first-order valence-corrected chi connectivity index (χ1v) is 5.67. The maximum absolute atomic E-state index is 11.8. The fraction of sp³-hybridized carbons (Fsp3) is 0.308. The lowest BCUT2D eigenvalue weighted by Crippen LogP contribution is -2.06. The van der Waals surface area contributed by atoms with E-state index >= 15 is 0 Å². The summed E-state index contributed by atoms with van der Waals surface area (Å²) in [4.78, 5) is 11.8. The summed E-state index contributed by atoms with van der Waals surface area (Å²) in [5.41, 5.74) is 1.68. The number of ketones is 1. The van der Waals surface area contributed by atoms with Crippen LogP contribution in [0, 0.1) is 0 Å². The van der Waals surface area contributed by atoms with Crippen LogP contribution >= 0.6 is 0 Å². The number of carbonyl (C=O) groups excluding carboxylic acids is 1. The number of ether oxygens (including phenoxy) is 1. The number of rotatable bonds is 5. The van der Waals surface area contributed by atoms with Crippen LogP contribution in [0.5, 0.6) is 5.75 Å². The van der Waals surface area contributed by atoms with E-state index in [1.807, 2.05) is 24.3 Å². The van der Waals surface area contributed by atoms with Crippen molar-refractivity contribution in [3.8, 4) is 5.75 Å². The number of nitrogens with zero attached hydrogens (tertiary/aromatic N) is 3. The highest BCUT2D eigenvalue weighted by molar-refractivity contribution is 5.82. The van der Waals surface area contributed by atoms with Gasteiger partial charge in [-0.15, -0.1) is 5.10 Å². The average molecular weight is 245 g/mol. The molecule has 0 fully saturated rings. The highest BCUT2D eigenvalue weighted by Crippen LogP contribution is 2.12. The Morgan fingerprint density at radius 1 is 1.28 bits per heavy atom. The van der Waals surface area contributed by atoms with Gasteiger partial charge >= 0.3 is 0 Å². The zero-order valence-electron chi connectivity index (χ0n) is 10.5. The average Bonchev–Trinajstić information content (AvgIpc) is 2.75.